The minimum atomic E-state index is -0.128. The molecular weight excluding hydrogens is 200 g/mol. The maximum absolute atomic E-state index is 10.6. The molecule has 1 heterocycles. The Morgan fingerprint density at radius 2 is 2.29 bits per heavy atom. The van der Waals surface area contributed by atoms with Crippen LogP contribution < -0.4 is 4.72 Å². The molecule has 1 amide bonds. The van der Waals surface area contributed by atoms with Crippen molar-refractivity contribution < 1.29 is 9.21 Å². The summed E-state index contributed by atoms with van der Waals surface area (Å²) in [5, 5.41) is 0.446. The number of benzene rings is 1. The molecule has 4 nitrogen and oxygen atoms in total. The Balaban J connectivity index is 2.22. The molecule has 2 aromatic rings. The maximum Gasteiger partial charge on any atom is 0.277 e. The smallest absolute Gasteiger partial charge is 0.277 e. The number of para-hydroxylation sites is 2. The van der Waals surface area contributed by atoms with Gasteiger partial charge in [-0.1, -0.05) is 12.1 Å². The first-order valence-corrected chi connectivity index (χ1v) is 4.86. The largest absolute Gasteiger partial charge is 0.430 e. The Morgan fingerprint density at radius 3 is 3.00 bits per heavy atom. The third-order valence-corrected chi connectivity index (χ3v) is 2.30. The average Bonchev–Trinajstić information content (AvgIpc) is 2.57. The van der Waals surface area contributed by atoms with Crippen molar-refractivity contribution in [3.05, 3.63) is 24.3 Å². The second-order valence-corrected chi connectivity index (χ2v) is 3.47. The SMILES string of the molecule is CC(=O)NSc1nc2ccccc2o1. The molecule has 72 valence electrons. The molecule has 1 N–H and O–H groups in total. The van der Waals surface area contributed by atoms with Crippen LogP contribution in [0.25, 0.3) is 11.1 Å². The average molecular weight is 208 g/mol. The summed E-state index contributed by atoms with van der Waals surface area (Å²) in [4.78, 5) is 14.8. The number of hydrogen-bond acceptors (Lipinski definition) is 4. The molecule has 0 unspecified atom stereocenters. The third-order valence-electron chi connectivity index (χ3n) is 1.56. The Bertz CT molecular complexity index is 434. The zero-order valence-electron chi connectivity index (χ0n) is 7.48. The number of carbonyl (C=O) groups excluding carboxylic acids is 1. The second-order valence-electron chi connectivity index (χ2n) is 2.71. The molecule has 1 aromatic heterocycles. The number of oxazole rings is 1. The van der Waals surface area contributed by atoms with Crippen molar-refractivity contribution in [2.45, 2.75) is 12.1 Å². The normalized spacial score (nSPS) is 10.4. The zero-order valence-corrected chi connectivity index (χ0v) is 8.30. The molecule has 14 heavy (non-hydrogen) atoms. The van der Waals surface area contributed by atoms with Gasteiger partial charge in [-0.15, -0.1) is 0 Å². The van der Waals surface area contributed by atoms with Gasteiger partial charge in [-0.25, -0.2) is 4.98 Å². The number of rotatable bonds is 2. The molecule has 0 saturated carbocycles. The van der Waals surface area contributed by atoms with Gasteiger partial charge < -0.3 is 4.42 Å². The fourth-order valence-electron chi connectivity index (χ4n) is 1.01. The van der Waals surface area contributed by atoms with Crippen LogP contribution in [-0.2, 0) is 4.79 Å². The standard InChI is InChI=1S/C9H8N2O2S/c1-6(12)11-14-9-10-7-4-2-3-5-8(7)13-9/h2-5H,1H3,(H,11,12). The van der Waals surface area contributed by atoms with Crippen molar-refractivity contribution >= 4 is 29.0 Å². The van der Waals surface area contributed by atoms with Crippen LogP contribution in [-0.4, -0.2) is 10.9 Å². The molecule has 0 radical (unpaired) electrons. The zero-order chi connectivity index (χ0) is 9.97. The minimum Gasteiger partial charge on any atom is -0.430 e. The van der Waals surface area contributed by atoms with Gasteiger partial charge in [0.25, 0.3) is 5.22 Å². The predicted octanol–water partition coefficient (Wildman–Crippen LogP) is 1.97. The van der Waals surface area contributed by atoms with Gasteiger partial charge in [0.1, 0.15) is 5.52 Å². The van der Waals surface area contributed by atoms with Gasteiger partial charge in [0, 0.05) is 18.9 Å². The van der Waals surface area contributed by atoms with Gasteiger partial charge in [0.2, 0.25) is 5.91 Å². The monoisotopic (exact) mass is 208 g/mol. The lowest BCUT2D eigenvalue weighted by Crippen LogP contribution is -2.09. The summed E-state index contributed by atoms with van der Waals surface area (Å²) in [5.74, 6) is -0.128. The number of aromatic nitrogens is 1. The highest BCUT2D eigenvalue weighted by Crippen LogP contribution is 2.20. The van der Waals surface area contributed by atoms with E-state index in [0.29, 0.717) is 5.22 Å². The second kappa shape index (κ2) is 3.71. The topological polar surface area (TPSA) is 55.1 Å². The molecule has 0 fully saturated rings. The van der Waals surface area contributed by atoms with E-state index in [1.165, 1.54) is 6.92 Å². The van der Waals surface area contributed by atoms with E-state index >= 15 is 0 Å². The number of hydrogen-bond donors (Lipinski definition) is 1. The lowest BCUT2D eigenvalue weighted by molar-refractivity contribution is -0.117. The first-order chi connectivity index (χ1) is 6.75. The molecule has 0 spiro atoms. The molecule has 0 bridgehead atoms. The number of fused-ring (bicyclic) bond motifs is 1. The van der Waals surface area contributed by atoms with Crippen LogP contribution in [0.2, 0.25) is 0 Å². The lowest BCUT2D eigenvalue weighted by Gasteiger charge is -1.92. The van der Waals surface area contributed by atoms with Gasteiger partial charge in [0.15, 0.2) is 5.58 Å². The number of carbonyl (C=O) groups is 1. The van der Waals surface area contributed by atoms with E-state index in [1.807, 2.05) is 24.3 Å². The summed E-state index contributed by atoms with van der Waals surface area (Å²) in [5.41, 5.74) is 1.51. The fraction of sp³-hybridized carbons (Fsp3) is 0.111. The molecule has 2 rings (SSSR count). The van der Waals surface area contributed by atoms with Crippen molar-refractivity contribution in [3.63, 3.8) is 0 Å². The number of amides is 1. The molecule has 0 aliphatic rings. The highest BCUT2D eigenvalue weighted by Gasteiger charge is 2.05. The molecular formula is C9H8N2O2S. The molecule has 0 saturated heterocycles. The van der Waals surface area contributed by atoms with E-state index in [2.05, 4.69) is 9.71 Å². The van der Waals surface area contributed by atoms with Crippen LogP contribution in [0.15, 0.2) is 33.9 Å². The van der Waals surface area contributed by atoms with E-state index in [0.717, 1.165) is 23.0 Å². The van der Waals surface area contributed by atoms with Gasteiger partial charge >= 0.3 is 0 Å². The van der Waals surface area contributed by atoms with E-state index in [4.69, 9.17) is 4.42 Å². The first-order valence-electron chi connectivity index (χ1n) is 4.05. The quantitative estimate of drug-likeness (QED) is 0.766. The van der Waals surface area contributed by atoms with Crippen LogP contribution in [0, 0.1) is 0 Å². The van der Waals surface area contributed by atoms with E-state index in [9.17, 15) is 4.79 Å². The van der Waals surface area contributed by atoms with Crippen molar-refractivity contribution in [2.75, 3.05) is 0 Å². The Hall–Kier alpha value is -1.49. The molecule has 0 atom stereocenters. The number of nitrogens with one attached hydrogen (secondary N) is 1. The van der Waals surface area contributed by atoms with Gasteiger partial charge in [-0.05, 0) is 12.1 Å². The van der Waals surface area contributed by atoms with E-state index in [-0.39, 0.29) is 5.91 Å². The predicted molar refractivity (Wildman–Crippen MR) is 53.7 cm³/mol. The molecule has 1 aromatic carbocycles. The van der Waals surface area contributed by atoms with Crippen molar-refractivity contribution in [3.8, 4) is 0 Å². The third kappa shape index (κ3) is 1.88. The van der Waals surface area contributed by atoms with Gasteiger partial charge in [-0.3, -0.25) is 9.52 Å². The molecule has 0 aliphatic carbocycles. The van der Waals surface area contributed by atoms with Gasteiger partial charge in [-0.2, -0.15) is 0 Å². The van der Waals surface area contributed by atoms with Crippen molar-refractivity contribution in [1.29, 1.82) is 0 Å². The minimum absolute atomic E-state index is 0.128. The Labute approximate surface area is 84.8 Å². The Morgan fingerprint density at radius 1 is 1.50 bits per heavy atom. The van der Waals surface area contributed by atoms with Crippen LogP contribution >= 0.6 is 11.9 Å². The van der Waals surface area contributed by atoms with Crippen LogP contribution in [0.4, 0.5) is 0 Å². The fourth-order valence-corrected chi connectivity index (χ4v) is 1.52. The summed E-state index contributed by atoms with van der Waals surface area (Å²) in [6.07, 6.45) is 0. The molecule has 0 aliphatic heterocycles. The van der Waals surface area contributed by atoms with Crippen LogP contribution in [0.5, 0.6) is 0 Å². The summed E-state index contributed by atoms with van der Waals surface area (Å²) in [6, 6.07) is 7.45. The van der Waals surface area contributed by atoms with E-state index in [1.54, 1.807) is 0 Å². The molecule has 5 heteroatoms. The summed E-state index contributed by atoms with van der Waals surface area (Å²) in [7, 11) is 0. The Kier molecular flexibility index (Phi) is 2.41. The maximum atomic E-state index is 10.6. The summed E-state index contributed by atoms with van der Waals surface area (Å²) < 4.78 is 7.90. The summed E-state index contributed by atoms with van der Waals surface area (Å²) in [6.45, 7) is 1.44. The summed E-state index contributed by atoms with van der Waals surface area (Å²) >= 11 is 1.08. The van der Waals surface area contributed by atoms with Crippen LogP contribution in [0.3, 0.4) is 0 Å². The van der Waals surface area contributed by atoms with E-state index < -0.39 is 0 Å². The van der Waals surface area contributed by atoms with Gasteiger partial charge in [0.05, 0.1) is 0 Å². The van der Waals surface area contributed by atoms with Crippen molar-refractivity contribution in [1.82, 2.24) is 9.71 Å². The highest BCUT2D eigenvalue weighted by atomic mass is 32.2. The highest BCUT2D eigenvalue weighted by molar-refractivity contribution is 7.97. The van der Waals surface area contributed by atoms with Crippen molar-refractivity contribution in [2.24, 2.45) is 0 Å². The lowest BCUT2D eigenvalue weighted by atomic mass is 10.3. The first kappa shape index (κ1) is 9.08. The number of nitrogens with zero attached hydrogens (tertiary/aromatic N) is 1. The van der Waals surface area contributed by atoms with Crippen LogP contribution in [0.1, 0.15) is 6.92 Å².